The average Bonchev–Trinajstić information content (AvgIpc) is 2.56. The number of carbonyl (C=O) groups is 1. The molecule has 0 aliphatic carbocycles. The van der Waals surface area contributed by atoms with Crippen molar-refractivity contribution in [3.05, 3.63) is 52.1 Å². The van der Waals surface area contributed by atoms with Gasteiger partial charge in [-0.1, -0.05) is 17.7 Å². The Kier molecular flexibility index (Phi) is 5.24. The highest BCUT2D eigenvalue weighted by Crippen LogP contribution is 2.37. The van der Waals surface area contributed by atoms with E-state index in [1.807, 2.05) is 25.1 Å². The molecule has 3 rings (SSSR count). The minimum absolute atomic E-state index is 0.0852. The number of carbonyl (C=O) groups excluding carboxylic acids is 1. The number of aromatic nitrogens is 1. The number of rotatable bonds is 4. The summed E-state index contributed by atoms with van der Waals surface area (Å²) in [5.41, 5.74) is 1.88. The molecule has 1 aliphatic rings. The first-order chi connectivity index (χ1) is 11.8. The van der Waals surface area contributed by atoms with E-state index >= 15 is 0 Å². The number of sulfone groups is 1. The van der Waals surface area contributed by atoms with Crippen LogP contribution in [0.15, 0.2) is 45.9 Å². The van der Waals surface area contributed by atoms with Gasteiger partial charge in [0.2, 0.25) is 5.91 Å². The van der Waals surface area contributed by atoms with Gasteiger partial charge in [0.15, 0.2) is 9.84 Å². The van der Waals surface area contributed by atoms with Crippen LogP contribution < -0.4 is 5.32 Å². The molecule has 7 heteroatoms. The normalized spacial score (nSPS) is 18.4. The van der Waals surface area contributed by atoms with Gasteiger partial charge in [-0.2, -0.15) is 0 Å². The van der Waals surface area contributed by atoms with Crippen LogP contribution in [-0.4, -0.2) is 25.1 Å². The number of amides is 1. The number of halogens is 1. The molecule has 1 unspecified atom stereocenters. The Bertz CT molecular complexity index is 895. The summed E-state index contributed by atoms with van der Waals surface area (Å²) in [7, 11) is -3.20. The van der Waals surface area contributed by atoms with Crippen molar-refractivity contribution in [2.45, 2.75) is 37.0 Å². The highest BCUT2D eigenvalue weighted by Gasteiger charge is 2.30. The van der Waals surface area contributed by atoms with Gasteiger partial charge in [-0.05, 0) is 65.4 Å². The standard InChI is InChI=1S/C18H19BrN2O3S/c1-12-2-5-16-15(10-12)13(8-9-25(16,23)24)3-7-18(22)21-17-6-4-14(19)11-20-17/h2,4-6,10-11,13H,3,7-9H2,1H3,(H,20,21,22). The van der Waals surface area contributed by atoms with Crippen LogP contribution in [0.1, 0.15) is 36.3 Å². The first kappa shape index (κ1) is 18.1. The van der Waals surface area contributed by atoms with E-state index in [2.05, 4.69) is 26.2 Å². The molecule has 1 aromatic carbocycles. The second kappa shape index (κ2) is 7.25. The third kappa shape index (κ3) is 4.27. The minimum atomic E-state index is -3.20. The Labute approximate surface area is 155 Å². The largest absolute Gasteiger partial charge is 0.311 e. The van der Waals surface area contributed by atoms with Gasteiger partial charge in [0.05, 0.1) is 10.6 Å². The molecule has 5 nitrogen and oxygen atoms in total. The molecule has 1 aliphatic heterocycles. The van der Waals surface area contributed by atoms with Crippen LogP contribution in [0.5, 0.6) is 0 Å². The SMILES string of the molecule is Cc1ccc2c(c1)C(CCC(=O)Nc1ccc(Br)cn1)CCS2(=O)=O. The maximum atomic E-state index is 12.2. The quantitative estimate of drug-likeness (QED) is 0.811. The van der Waals surface area contributed by atoms with Gasteiger partial charge in [0.25, 0.3) is 0 Å². The van der Waals surface area contributed by atoms with Gasteiger partial charge in [0, 0.05) is 17.1 Å². The zero-order valence-corrected chi connectivity index (χ0v) is 16.2. The molecule has 0 spiro atoms. The van der Waals surface area contributed by atoms with E-state index < -0.39 is 9.84 Å². The summed E-state index contributed by atoms with van der Waals surface area (Å²) in [5, 5.41) is 2.77. The summed E-state index contributed by atoms with van der Waals surface area (Å²) >= 11 is 3.30. The molecule has 25 heavy (non-hydrogen) atoms. The van der Waals surface area contributed by atoms with E-state index in [4.69, 9.17) is 0 Å². The van der Waals surface area contributed by atoms with Crippen molar-refractivity contribution in [3.63, 3.8) is 0 Å². The Morgan fingerprint density at radius 3 is 2.84 bits per heavy atom. The molecule has 0 radical (unpaired) electrons. The lowest BCUT2D eigenvalue weighted by molar-refractivity contribution is -0.116. The van der Waals surface area contributed by atoms with Crippen LogP contribution in [0.4, 0.5) is 5.82 Å². The number of pyridine rings is 1. The molecule has 0 saturated heterocycles. The summed E-state index contributed by atoms with van der Waals surface area (Å²) in [5.74, 6) is 0.624. The average molecular weight is 423 g/mol. The van der Waals surface area contributed by atoms with Crippen molar-refractivity contribution in [2.24, 2.45) is 0 Å². The number of aryl methyl sites for hydroxylation is 1. The fourth-order valence-electron chi connectivity index (χ4n) is 3.09. The van der Waals surface area contributed by atoms with Crippen molar-refractivity contribution >= 4 is 37.5 Å². The third-order valence-corrected chi connectivity index (χ3v) is 6.67. The molecule has 2 aromatic rings. The van der Waals surface area contributed by atoms with Gasteiger partial charge in [0.1, 0.15) is 5.82 Å². The molecule has 0 fully saturated rings. The zero-order chi connectivity index (χ0) is 18.0. The molecule has 1 aromatic heterocycles. The third-order valence-electron chi connectivity index (χ3n) is 4.39. The van der Waals surface area contributed by atoms with Crippen molar-refractivity contribution in [1.82, 2.24) is 4.98 Å². The molecule has 0 saturated carbocycles. The second-order valence-electron chi connectivity index (χ2n) is 6.29. The molecule has 2 heterocycles. The molecule has 1 N–H and O–H groups in total. The molecule has 132 valence electrons. The van der Waals surface area contributed by atoms with Crippen LogP contribution in [0, 0.1) is 6.92 Å². The van der Waals surface area contributed by atoms with Crippen LogP contribution in [0.25, 0.3) is 0 Å². The van der Waals surface area contributed by atoms with Gasteiger partial charge in [-0.25, -0.2) is 13.4 Å². The minimum Gasteiger partial charge on any atom is -0.311 e. The number of hydrogen-bond donors (Lipinski definition) is 1. The van der Waals surface area contributed by atoms with Gasteiger partial charge in [-0.3, -0.25) is 4.79 Å². The number of nitrogens with one attached hydrogen (secondary N) is 1. The predicted molar refractivity (Wildman–Crippen MR) is 100 cm³/mol. The van der Waals surface area contributed by atoms with Crippen molar-refractivity contribution in [1.29, 1.82) is 0 Å². The monoisotopic (exact) mass is 422 g/mol. The summed E-state index contributed by atoms with van der Waals surface area (Å²) in [6.45, 7) is 1.95. The fourth-order valence-corrected chi connectivity index (χ4v) is 5.00. The molecule has 1 atom stereocenters. The molecular formula is C18H19BrN2O3S. The fraction of sp³-hybridized carbons (Fsp3) is 0.333. The van der Waals surface area contributed by atoms with Gasteiger partial charge >= 0.3 is 0 Å². The summed E-state index contributed by atoms with van der Waals surface area (Å²) < 4.78 is 25.3. The van der Waals surface area contributed by atoms with Crippen molar-refractivity contribution in [2.75, 3.05) is 11.1 Å². The van der Waals surface area contributed by atoms with E-state index in [1.165, 1.54) is 0 Å². The predicted octanol–water partition coefficient (Wildman–Crippen LogP) is 3.83. The van der Waals surface area contributed by atoms with Crippen LogP contribution >= 0.6 is 15.9 Å². The highest BCUT2D eigenvalue weighted by atomic mass is 79.9. The van der Waals surface area contributed by atoms with Gasteiger partial charge < -0.3 is 5.32 Å². The van der Waals surface area contributed by atoms with Crippen LogP contribution in [0.2, 0.25) is 0 Å². The van der Waals surface area contributed by atoms with E-state index in [9.17, 15) is 13.2 Å². The lowest BCUT2D eigenvalue weighted by atomic mass is 9.90. The van der Waals surface area contributed by atoms with Gasteiger partial charge in [-0.15, -0.1) is 0 Å². The summed E-state index contributed by atoms with van der Waals surface area (Å²) in [4.78, 5) is 16.7. The molecular weight excluding hydrogens is 404 g/mol. The summed E-state index contributed by atoms with van der Waals surface area (Å²) in [6, 6.07) is 9.00. The topological polar surface area (TPSA) is 76.1 Å². The first-order valence-electron chi connectivity index (χ1n) is 8.10. The Balaban J connectivity index is 1.68. The van der Waals surface area contributed by atoms with E-state index in [-0.39, 0.29) is 17.6 Å². The Hall–Kier alpha value is -1.73. The van der Waals surface area contributed by atoms with E-state index in [0.29, 0.717) is 30.0 Å². The summed E-state index contributed by atoms with van der Waals surface area (Å²) in [6.07, 6.45) is 3.13. The van der Waals surface area contributed by atoms with Crippen LogP contribution in [0.3, 0.4) is 0 Å². The maximum absolute atomic E-state index is 12.2. The molecule has 1 amide bonds. The number of benzene rings is 1. The lowest BCUT2D eigenvalue weighted by Crippen LogP contribution is -2.22. The Morgan fingerprint density at radius 2 is 2.12 bits per heavy atom. The van der Waals surface area contributed by atoms with E-state index in [1.54, 1.807) is 18.3 Å². The number of hydrogen-bond acceptors (Lipinski definition) is 4. The second-order valence-corrected chi connectivity index (χ2v) is 9.29. The zero-order valence-electron chi connectivity index (χ0n) is 13.8. The maximum Gasteiger partial charge on any atom is 0.225 e. The number of fused-ring (bicyclic) bond motifs is 1. The number of nitrogens with zero attached hydrogens (tertiary/aromatic N) is 1. The van der Waals surface area contributed by atoms with E-state index in [0.717, 1.165) is 15.6 Å². The smallest absolute Gasteiger partial charge is 0.225 e. The Morgan fingerprint density at radius 1 is 1.32 bits per heavy atom. The highest BCUT2D eigenvalue weighted by molar-refractivity contribution is 9.10. The van der Waals surface area contributed by atoms with Crippen molar-refractivity contribution < 1.29 is 13.2 Å². The first-order valence-corrected chi connectivity index (χ1v) is 10.5. The molecule has 0 bridgehead atoms. The number of anilines is 1. The van der Waals surface area contributed by atoms with Crippen molar-refractivity contribution in [3.8, 4) is 0 Å². The lowest BCUT2D eigenvalue weighted by Gasteiger charge is -2.25. The van der Waals surface area contributed by atoms with Crippen LogP contribution in [-0.2, 0) is 14.6 Å².